The standard InChI is InChI=1S/C14H27NS/c1-4-16-12-8-7-11(10-12)15-13-6-5-9-14(13,2)3/h11-13,15H,4-10H2,1-3H3. The topological polar surface area (TPSA) is 12.0 Å². The SMILES string of the molecule is CCSC1CCC(NC2CCCC2(C)C)C1. The van der Waals surface area contributed by atoms with Crippen molar-refractivity contribution in [1.29, 1.82) is 0 Å². The molecule has 16 heavy (non-hydrogen) atoms. The molecule has 1 nitrogen and oxygen atoms in total. The van der Waals surface area contributed by atoms with E-state index in [1.165, 1.54) is 44.3 Å². The molecular weight excluding hydrogens is 214 g/mol. The molecule has 2 heteroatoms. The Labute approximate surface area is 105 Å². The average Bonchev–Trinajstić information content (AvgIpc) is 2.76. The van der Waals surface area contributed by atoms with Gasteiger partial charge in [0.25, 0.3) is 0 Å². The van der Waals surface area contributed by atoms with Crippen molar-refractivity contribution >= 4 is 11.8 Å². The Balaban J connectivity index is 1.78. The van der Waals surface area contributed by atoms with E-state index in [9.17, 15) is 0 Å². The van der Waals surface area contributed by atoms with Crippen LogP contribution in [-0.2, 0) is 0 Å². The maximum atomic E-state index is 3.94. The smallest absolute Gasteiger partial charge is 0.0121 e. The zero-order valence-electron chi connectivity index (χ0n) is 11.1. The molecule has 94 valence electrons. The van der Waals surface area contributed by atoms with Crippen LogP contribution >= 0.6 is 11.8 Å². The van der Waals surface area contributed by atoms with Crippen LogP contribution in [0.25, 0.3) is 0 Å². The lowest BCUT2D eigenvalue weighted by Crippen LogP contribution is -2.43. The Morgan fingerprint density at radius 1 is 1.25 bits per heavy atom. The third-order valence-corrected chi connectivity index (χ3v) is 5.71. The van der Waals surface area contributed by atoms with Crippen LogP contribution in [0.5, 0.6) is 0 Å². The van der Waals surface area contributed by atoms with Crippen molar-refractivity contribution in [2.45, 2.75) is 76.6 Å². The zero-order chi connectivity index (χ0) is 11.6. The van der Waals surface area contributed by atoms with Gasteiger partial charge >= 0.3 is 0 Å². The maximum absolute atomic E-state index is 3.94. The molecule has 0 saturated heterocycles. The van der Waals surface area contributed by atoms with E-state index in [4.69, 9.17) is 0 Å². The van der Waals surface area contributed by atoms with Crippen LogP contribution in [0.1, 0.15) is 59.3 Å². The first-order valence-electron chi connectivity index (χ1n) is 6.99. The zero-order valence-corrected chi connectivity index (χ0v) is 11.9. The van der Waals surface area contributed by atoms with Crippen molar-refractivity contribution in [3.63, 3.8) is 0 Å². The van der Waals surface area contributed by atoms with E-state index in [-0.39, 0.29) is 0 Å². The fourth-order valence-electron chi connectivity index (χ4n) is 3.40. The van der Waals surface area contributed by atoms with Gasteiger partial charge in [-0.05, 0) is 43.3 Å². The summed E-state index contributed by atoms with van der Waals surface area (Å²) in [6.45, 7) is 7.15. The second kappa shape index (κ2) is 5.30. The van der Waals surface area contributed by atoms with Gasteiger partial charge in [-0.1, -0.05) is 27.2 Å². The molecule has 2 saturated carbocycles. The van der Waals surface area contributed by atoms with Gasteiger partial charge in [0.05, 0.1) is 0 Å². The summed E-state index contributed by atoms with van der Waals surface area (Å²) in [6.07, 6.45) is 8.47. The van der Waals surface area contributed by atoms with Crippen molar-refractivity contribution in [2.24, 2.45) is 5.41 Å². The normalized spacial score (nSPS) is 38.1. The van der Waals surface area contributed by atoms with E-state index in [1.807, 2.05) is 0 Å². The molecule has 3 unspecified atom stereocenters. The van der Waals surface area contributed by atoms with Gasteiger partial charge < -0.3 is 5.32 Å². The van der Waals surface area contributed by atoms with Gasteiger partial charge in [-0.25, -0.2) is 0 Å². The molecule has 0 spiro atoms. The van der Waals surface area contributed by atoms with Crippen molar-refractivity contribution in [3.05, 3.63) is 0 Å². The van der Waals surface area contributed by atoms with E-state index < -0.39 is 0 Å². The highest BCUT2D eigenvalue weighted by molar-refractivity contribution is 7.99. The van der Waals surface area contributed by atoms with Gasteiger partial charge in [0.15, 0.2) is 0 Å². The molecule has 0 aromatic rings. The summed E-state index contributed by atoms with van der Waals surface area (Å²) >= 11 is 2.16. The monoisotopic (exact) mass is 241 g/mol. The molecule has 1 N–H and O–H groups in total. The number of thioether (sulfide) groups is 1. The largest absolute Gasteiger partial charge is 0.311 e. The molecule has 2 aliphatic rings. The second-order valence-corrected chi connectivity index (χ2v) is 7.76. The number of rotatable bonds is 4. The van der Waals surface area contributed by atoms with Crippen LogP contribution in [0.4, 0.5) is 0 Å². The van der Waals surface area contributed by atoms with E-state index in [1.54, 1.807) is 0 Å². The van der Waals surface area contributed by atoms with Crippen molar-refractivity contribution in [3.8, 4) is 0 Å². The first kappa shape index (κ1) is 12.8. The predicted octanol–water partition coefficient (Wildman–Crippen LogP) is 3.83. The second-order valence-electron chi connectivity index (χ2n) is 6.19. The molecule has 0 amide bonds. The Morgan fingerprint density at radius 3 is 2.69 bits per heavy atom. The molecule has 0 bridgehead atoms. The van der Waals surface area contributed by atoms with E-state index in [0.717, 1.165) is 17.3 Å². The molecule has 0 aromatic carbocycles. The average molecular weight is 241 g/mol. The molecule has 0 aromatic heterocycles. The summed E-state index contributed by atoms with van der Waals surface area (Å²) in [4.78, 5) is 0. The van der Waals surface area contributed by atoms with Crippen molar-refractivity contribution in [2.75, 3.05) is 5.75 Å². The minimum atomic E-state index is 0.538. The minimum absolute atomic E-state index is 0.538. The predicted molar refractivity (Wildman–Crippen MR) is 74.1 cm³/mol. The van der Waals surface area contributed by atoms with Gasteiger partial charge in [0.2, 0.25) is 0 Å². The molecule has 2 aliphatic carbocycles. The highest BCUT2D eigenvalue weighted by Gasteiger charge is 2.36. The summed E-state index contributed by atoms with van der Waals surface area (Å²) < 4.78 is 0. The lowest BCUT2D eigenvalue weighted by molar-refractivity contribution is 0.261. The number of hydrogen-bond donors (Lipinski definition) is 1. The van der Waals surface area contributed by atoms with Crippen molar-refractivity contribution in [1.82, 2.24) is 5.32 Å². The molecular formula is C14H27NS. The van der Waals surface area contributed by atoms with Gasteiger partial charge in [0.1, 0.15) is 0 Å². The molecule has 2 fully saturated rings. The summed E-state index contributed by atoms with van der Waals surface area (Å²) in [6, 6.07) is 1.59. The Morgan fingerprint density at radius 2 is 2.06 bits per heavy atom. The summed E-state index contributed by atoms with van der Waals surface area (Å²) in [5.41, 5.74) is 0.538. The molecule has 3 atom stereocenters. The Hall–Kier alpha value is 0.310. The first-order chi connectivity index (χ1) is 7.62. The summed E-state index contributed by atoms with van der Waals surface area (Å²) in [5, 5.41) is 4.88. The maximum Gasteiger partial charge on any atom is 0.0121 e. The van der Waals surface area contributed by atoms with E-state index in [0.29, 0.717) is 5.41 Å². The van der Waals surface area contributed by atoms with E-state index in [2.05, 4.69) is 37.8 Å². The van der Waals surface area contributed by atoms with Gasteiger partial charge in [-0.2, -0.15) is 11.8 Å². The highest BCUT2D eigenvalue weighted by Crippen LogP contribution is 2.39. The van der Waals surface area contributed by atoms with Gasteiger partial charge in [0, 0.05) is 17.3 Å². The van der Waals surface area contributed by atoms with Gasteiger partial charge in [-0.15, -0.1) is 0 Å². The molecule has 0 radical (unpaired) electrons. The van der Waals surface area contributed by atoms with Crippen LogP contribution in [0.15, 0.2) is 0 Å². The third kappa shape index (κ3) is 2.95. The van der Waals surface area contributed by atoms with Crippen LogP contribution in [0.2, 0.25) is 0 Å². The first-order valence-corrected chi connectivity index (χ1v) is 8.04. The molecule has 2 rings (SSSR count). The summed E-state index contributed by atoms with van der Waals surface area (Å²) in [5.74, 6) is 1.28. The lowest BCUT2D eigenvalue weighted by atomic mass is 9.87. The van der Waals surface area contributed by atoms with Crippen LogP contribution < -0.4 is 5.32 Å². The summed E-state index contributed by atoms with van der Waals surface area (Å²) in [7, 11) is 0. The fourth-order valence-corrected chi connectivity index (χ4v) is 4.54. The Kier molecular flexibility index (Phi) is 4.23. The number of hydrogen-bond acceptors (Lipinski definition) is 2. The Bertz CT molecular complexity index is 227. The molecule has 0 heterocycles. The van der Waals surface area contributed by atoms with Crippen LogP contribution in [0.3, 0.4) is 0 Å². The number of nitrogens with one attached hydrogen (secondary N) is 1. The third-order valence-electron chi connectivity index (χ3n) is 4.48. The highest BCUT2D eigenvalue weighted by atomic mass is 32.2. The van der Waals surface area contributed by atoms with Crippen LogP contribution in [0, 0.1) is 5.41 Å². The van der Waals surface area contributed by atoms with Crippen molar-refractivity contribution < 1.29 is 0 Å². The minimum Gasteiger partial charge on any atom is -0.311 e. The lowest BCUT2D eigenvalue weighted by Gasteiger charge is -2.30. The fraction of sp³-hybridized carbons (Fsp3) is 1.00. The molecule has 0 aliphatic heterocycles. The van der Waals surface area contributed by atoms with Crippen LogP contribution in [-0.4, -0.2) is 23.1 Å². The van der Waals surface area contributed by atoms with E-state index >= 15 is 0 Å². The quantitative estimate of drug-likeness (QED) is 0.803. The van der Waals surface area contributed by atoms with Gasteiger partial charge in [-0.3, -0.25) is 0 Å².